The maximum absolute atomic E-state index is 12.2. The summed E-state index contributed by atoms with van der Waals surface area (Å²) in [5.74, 6) is 1.89. The number of hydrogen-bond donors (Lipinski definition) is 1. The largest absolute Gasteiger partial charge is 0.466 e. The van der Waals surface area contributed by atoms with Crippen molar-refractivity contribution in [2.45, 2.75) is 46.6 Å². The van der Waals surface area contributed by atoms with Crippen molar-refractivity contribution in [3.63, 3.8) is 0 Å². The molecule has 0 aliphatic rings. The van der Waals surface area contributed by atoms with Gasteiger partial charge in [0.1, 0.15) is 11.5 Å². The van der Waals surface area contributed by atoms with Crippen molar-refractivity contribution in [3.05, 3.63) is 22.6 Å². The third kappa shape index (κ3) is 3.25. The first kappa shape index (κ1) is 14.1. The van der Waals surface area contributed by atoms with E-state index in [0.29, 0.717) is 17.2 Å². The number of rotatable bonds is 4. The minimum atomic E-state index is -0.303. The van der Waals surface area contributed by atoms with Crippen molar-refractivity contribution in [2.75, 3.05) is 5.88 Å². The van der Waals surface area contributed by atoms with Gasteiger partial charge in [-0.15, -0.1) is 11.6 Å². The van der Waals surface area contributed by atoms with Crippen LogP contribution in [0.25, 0.3) is 0 Å². The second-order valence-corrected chi connectivity index (χ2v) is 5.37. The number of carbonyl (C=O) groups is 1. The molecular weight excluding hydrogens is 238 g/mol. The molecule has 0 aromatic carbocycles. The molecule has 1 aromatic rings. The van der Waals surface area contributed by atoms with Crippen molar-refractivity contribution in [3.8, 4) is 0 Å². The van der Waals surface area contributed by atoms with Crippen LogP contribution in [0.5, 0.6) is 0 Å². The summed E-state index contributed by atoms with van der Waals surface area (Å²) in [5, 5.41) is 2.99. The van der Waals surface area contributed by atoms with Crippen LogP contribution < -0.4 is 5.32 Å². The fraction of sp³-hybridized carbons (Fsp3) is 0.615. The van der Waals surface area contributed by atoms with Gasteiger partial charge in [0.15, 0.2) is 0 Å². The molecule has 0 aliphatic carbocycles. The number of nitrogens with one attached hydrogen (secondary N) is 1. The van der Waals surface area contributed by atoms with Gasteiger partial charge in [-0.1, -0.05) is 0 Å². The zero-order valence-corrected chi connectivity index (χ0v) is 11.9. The second-order valence-electron chi connectivity index (χ2n) is 4.99. The molecule has 0 spiro atoms. The van der Waals surface area contributed by atoms with E-state index in [1.807, 2.05) is 34.6 Å². The fourth-order valence-corrected chi connectivity index (χ4v) is 2.27. The molecule has 3 nitrogen and oxygen atoms in total. The molecule has 17 heavy (non-hydrogen) atoms. The van der Waals surface area contributed by atoms with Gasteiger partial charge in [0.25, 0.3) is 5.91 Å². The van der Waals surface area contributed by atoms with E-state index >= 15 is 0 Å². The average molecular weight is 258 g/mol. The summed E-state index contributed by atoms with van der Waals surface area (Å²) in [5.41, 5.74) is 1.25. The Labute approximate surface area is 108 Å². The summed E-state index contributed by atoms with van der Waals surface area (Å²) in [7, 11) is 0. The summed E-state index contributed by atoms with van der Waals surface area (Å²) < 4.78 is 5.45. The van der Waals surface area contributed by atoms with E-state index in [-0.39, 0.29) is 11.4 Å². The third-order valence-corrected chi connectivity index (χ3v) is 3.15. The Hall–Kier alpha value is -0.960. The number of hydrogen-bond acceptors (Lipinski definition) is 2. The van der Waals surface area contributed by atoms with Gasteiger partial charge in [-0.05, 0) is 41.0 Å². The molecule has 0 saturated heterocycles. The number of carbonyl (C=O) groups excluding carboxylic acids is 1. The van der Waals surface area contributed by atoms with E-state index in [1.165, 1.54) is 0 Å². The van der Waals surface area contributed by atoms with Crippen LogP contribution in [0.3, 0.4) is 0 Å². The average Bonchev–Trinajstić information content (AvgIpc) is 2.39. The molecule has 1 heterocycles. The highest BCUT2D eigenvalue weighted by Gasteiger charge is 2.24. The zero-order chi connectivity index (χ0) is 13.2. The highest BCUT2D eigenvalue weighted by Crippen LogP contribution is 2.21. The summed E-state index contributed by atoms with van der Waals surface area (Å²) in [6.45, 7) is 9.50. The smallest absolute Gasteiger partial charge is 0.255 e. The van der Waals surface area contributed by atoms with E-state index in [1.54, 1.807) is 0 Å². The van der Waals surface area contributed by atoms with E-state index < -0.39 is 0 Å². The van der Waals surface area contributed by atoms with Crippen LogP contribution in [0.2, 0.25) is 0 Å². The summed E-state index contributed by atoms with van der Waals surface area (Å²) in [6.07, 6.45) is 0.731. The molecule has 96 valence electrons. The van der Waals surface area contributed by atoms with Gasteiger partial charge in [0.2, 0.25) is 0 Å². The van der Waals surface area contributed by atoms with Crippen LogP contribution in [-0.4, -0.2) is 17.3 Å². The predicted octanol–water partition coefficient (Wildman–Crippen LogP) is 3.34. The van der Waals surface area contributed by atoms with Gasteiger partial charge < -0.3 is 9.73 Å². The quantitative estimate of drug-likeness (QED) is 0.841. The first-order valence-corrected chi connectivity index (χ1v) is 6.27. The Bertz CT molecular complexity index is 421. The Morgan fingerprint density at radius 1 is 1.29 bits per heavy atom. The number of furan rings is 1. The van der Waals surface area contributed by atoms with Crippen molar-refractivity contribution in [1.29, 1.82) is 0 Å². The van der Waals surface area contributed by atoms with Crippen molar-refractivity contribution < 1.29 is 9.21 Å². The van der Waals surface area contributed by atoms with Crippen LogP contribution in [0.4, 0.5) is 0 Å². The predicted molar refractivity (Wildman–Crippen MR) is 69.8 cm³/mol. The van der Waals surface area contributed by atoms with Crippen LogP contribution in [-0.2, 0) is 0 Å². The maximum Gasteiger partial charge on any atom is 0.255 e. The number of aryl methyl sites for hydroxylation is 2. The normalized spacial score (nSPS) is 11.6. The first-order chi connectivity index (χ1) is 7.78. The topological polar surface area (TPSA) is 42.2 Å². The lowest BCUT2D eigenvalue weighted by Crippen LogP contribution is -2.44. The van der Waals surface area contributed by atoms with Gasteiger partial charge in [-0.25, -0.2) is 0 Å². The molecule has 1 amide bonds. The van der Waals surface area contributed by atoms with Crippen molar-refractivity contribution >= 4 is 17.5 Å². The number of halogens is 1. The lowest BCUT2D eigenvalue weighted by molar-refractivity contribution is 0.0909. The van der Waals surface area contributed by atoms with Crippen LogP contribution in [0.15, 0.2) is 4.42 Å². The lowest BCUT2D eigenvalue weighted by Gasteiger charge is -2.25. The number of alkyl halides is 1. The van der Waals surface area contributed by atoms with Crippen molar-refractivity contribution in [1.82, 2.24) is 5.32 Å². The lowest BCUT2D eigenvalue weighted by atomic mass is 10.0. The summed E-state index contributed by atoms with van der Waals surface area (Å²) in [4.78, 5) is 12.2. The highest BCUT2D eigenvalue weighted by molar-refractivity contribution is 6.17. The molecule has 0 bridgehead atoms. The van der Waals surface area contributed by atoms with Gasteiger partial charge in [-0.2, -0.15) is 0 Å². The molecule has 0 aliphatic heterocycles. The van der Waals surface area contributed by atoms with Gasteiger partial charge >= 0.3 is 0 Å². The minimum absolute atomic E-state index is 0.0908. The van der Waals surface area contributed by atoms with E-state index in [0.717, 1.165) is 17.7 Å². The molecular formula is C13H20ClNO2. The Balaban J connectivity index is 2.91. The third-order valence-electron chi connectivity index (χ3n) is 2.96. The summed E-state index contributed by atoms with van der Waals surface area (Å²) >= 11 is 5.71. The van der Waals surface area contributed by atoms with Crippen LogP contribution in [0.1, 0.15) is 47.7 Å². The van der Waals surface area contributed by atoms with E-state index in [2.05, 4.69) is 5.32 Å². The molecule has 1 aromatic heterocycles. The molecule has 0 atom stereocenters. The molecule has 0 unspecified atom stereocenters. The monoisotopic (exact) mass is 257 g/mol. The standard InChI is InChI=1S/C13H20ClNO2/c1-8-9(2)17-10(3)11(8)12(16)15-13(4,5)6-7-14/h6-7H2,1-5H3,(H,15,16). The highest BCUT2D eigenvalue weighted by atomic mass is 35.5. The molecule has 0 saturated carbocycles. The maximum atomic E-state index is 12.2. The summed E-state index contributed by atoms with van der Waals surface area (Å²) in [6, 6.07) is 0. The zero-order valence-electron chi connectivity index (χ0n) is 11.1. The minimum Gasteiger partial charge on any atom is -0.466 e. The molecule has 4 heteroatoms. The van der Waals surface area contributed by atoms with Gasteiger partial charge in [-0.3, -0.25) is 4.79 Å². The van der Waals surface area contributed by atoms with Crippen LogP contribution in [0, 0.1) is 20.8 Å². The van der Waals surface area contributed by atoms with Crippen molar-refractivity contribution in [2.24, 2.45) is 0 Å². The fourth-order valence-electron chi connectivity index (χ4n) is 1.80. The molecule has 1 rings (SSSR count). The van der Waals surface area contributed by atoms with Gasteiger partial charge in [0.05, 0.1) is 5.56 Å². The Kier molecular flexibility index (Phi) is 4.26. The second kappa shape index (κ2) is 5.13. The SMILES string of the molecule is Cc1oc(C)c(C(=O)NC(C)(C)CCCl)c1C. The molecule has 1 N–H and O–H groups in total. The van der Waals surface area contributed by atoms with E-state index in [4.69, 9.17) is 16.0 Å². The van der Waals surface area contributed by atoms with Gasteiger partial charge in [0, 0.05) is 17.0 Å². The van der Waals surface area contributed by atoms with E-state index in [9.17, 15) is 4.79 Å². The molecule has 0 fully saturated rings. The first-order valence-electron chi connectivity index (χ1n) is 5.73. The Morgan fingerprint density at radius 2 is 1.88 bits per heavy atom. The number of amides is 1. The Morgan fingerprint density at radius 3 is 2.29 bits per heavy atom. The molecule has 0 radical (unpaired) electrons. The van der Waals surface area contributed by atoms with Crippen LogP contribution >= 0.6 is 11.6 Å².